The van der Waals surface area contributed by atoms with Crippen molar-refractivity contribution >= 4 is 16.0 Å². The Bertz CT molecular complexity index is 575. The summed E-state index contributed by atoms with van der Waals surface area (Å²) in [6, 6.07) is 2.61. The van der Waals surface area contributed by atoms with E-state index in [0.29, 0.717) is 5.56 Å². The summed E-state index contributed by atoms with van der Waals surface area (Å²) < 4.78 is 33.2. The Hall–Kier alpha value is -1.76. The summed E-state index contributed by atoms with van der Waals surface area (Å²) in [7, 11) is -3.34. The summed E-state index contributed by atoms with van der Waals surface area (Å²) in [5.74, 6) is 0.182. The average Bonchev–Trinajstić information content (AvgIpc) is 2.21. The van der Waals surface area contributed by atoms with Gasteiger partial charge in [-0.15, -0.1) is 0 Å². The van der Waals surface area contributed by atoms with E-state index in [1.807, 2.05) is 0 Å². The van der Waals surface area contributed by atoms with E-state index in [1.165, 1.54) is 12.1 Å². The first-order valence-electron chi connectivity index (χ1n) is 4.82. The molecule has 1 aliphatic rings. The van der Waals surface area contributed by atoms with Gasteiger partial charge in [0.2, 0.25) is 0 Å². The van der Waals surface area contributed by atoms with E-state index >= 15 is 0 Å². The molecule has 0 aliphatic carbocycles. The third-order valence-corrected chi connectivity index (χ3v) is 4.15. The molecule has 0 spiro atoms. The van der Waals surface area contributed by atoms with Gasteiger partial charge in [0.1, 0.15) is 23.0 Å². The van der Waals surface area contributed by atoms with E-state index in [0.717, 1.165) is 0 Å². The van der Waals surface area contributed by atoms with Crippen molar-refractivity contribution in [2.45, 2.75) is 11.8 Å². The Morgan fingerprint density at radius 1 is 1.47 bits per heavy atom. The fourth-order valence-electron chi connectivity index (χ4n) is 1.64. The molecular weight excluding hydrogens is 248 g/mol. The molecule has 0 aromatic heterocycles. The fourth-order valence-corrected chi connectivity index (χ4v) is 2.93. The number of sulfone groups is 1. The summed E-state index contributed by atoms with van der Waals surface area (Å²) in [6.45, 7) is 1.62. The van der Waals surface area contributed by atoms with Crippen molar-refractivity contribution in [1.29, 1.82) is 0 Å². The van der Waals surface area contributed by atoms with Crippen molar-refractivity contribution in [3.05, 3.63) is 17.7 Å². The van der Waals surface area contributed by atoms with E-state index in [2.05, 4.69) is 4.74 Å². The van der Waals surface area contributed by atoms with Crippen LogP contribution in [0.15, 0.2) is 17.0 Å². The largest absolute Gasteiger partial charge is 0.511 e. The maximum Gasteiger partial charge on any atom is 0.511 e. The monoisotopic (exact) mass is 258 g/mol. The van der Waals surface area contributed by atoms with Gasteiger partial charge in [-0.05, 0) is 19.1 Å². The summed E-state index contributed by atoms with van der Waals surface area (Å²) in [4.78, 5) is 10.5. The standard InChI is InChI=1S/C10H10O6S/c1-6-7(16-10(11)12)2-3-8-9(6)15-4-5-17(8,13)14/h2-3H,4-5H2,1H3,(H,11,12). The summed E-state index contributed by atoms with van der Waals surface area (Å²) in [6.07, 6.45) is -1.45. The highest BCUT2D eigenvalue weighted by molar-refractivity contribution is 7.91. The smallest absolute Gasteiger partial charge is 0.491 e. The van der Waals surface area contributed by atoms with Crippen molar-refractivity contribution in [1.82, 2.24) is 0 Å². The molecule has 0 saturated heterocycles. The molecule has 17 heavy (non-hydrogen) atoms. The van der Waals surface area contributed by atoms with Crippen molar-refractivity contribution in [3.8, 4) is 11.5 Å². The lowest BCUT2D eigenvalue weighted by Gasteiger charge is -2.20. The topological polar surface area (TPSA) is 89.9 Å². The number of rotatable bonds is 1. The third kappa shape index (κ3) is 2.05. The van der Waals surface area contributed by atoms with Gasteiger partial charge >= 0.3 is 6.16 Å². The van der Waals surface area contributed by atoms with Crippen LogP contribution in [-0.4, -0.2) is 32.0 Å². The van der Waals surface area contributed by atoms with Crippen LogP contribution in [0, 0.1) is 6.92 Å². The van der Waals surface area contributed by atoms with Crippen LogP contribution in [-0.2, 0) is 9.84 Å². The number of benzene rings is 1. The normalized spacial score (nSPS) is 16.8. The molecule has 0 fully saturated rings. The maximum atomic E-state index is 11.7. The predicted octanol–water partition coefficient (Wildman–Crippen LogP) is 1.22. The Balaban J connectivity index is 2.56. The van der Waals surface area contributed by atoms with E-state index in [4.69, 9.17) is 9.84 Å². The molecule has 0 bridgehead atoms. The highest BCUT2D eigenvalue weighted by Gasteiger charge is 2.28. The lowest BCUT2D eigenvalue weighted by atomic mass is 10.2. The van der Waals surface area contributed by atoms with Gasteiger partial charge in [0.15, 0.2) is 9.84 Å². The van der Waals surface area contributed by atoms with Gasteiger partial charge in [0.05, 0.1) is 5.75 Å². The van der Waals surface area contributed by atoms with E-state index in [1.54, 1.807) is 6.92 Å². The Morgan fingerprint density at radius 3 is 2.82 bits per heavy atom. The van der Waals surface area contributed by atoms with Crippen LogP contribution in [0.5, 0.6) is 11.5 Å². The molecule has 0 unspecified atom stereocenters. The molecule has 0 atom stereocenters. The summed E-state index contributed by atoms with van der Waals surface area (Å²) >= 11 is 0. The highest BCUT2D eigenvalue weighted by atomic mass is 32.2. The van der Waals surface area contributed by atoms with E-state index < -0.39 is 16.0 Å². The van der Waals surface area contributed by atoms with Crippen LogP contribution >= 0.6 is 0 Å². The second-order valence-electron chi connectivity index (χ2n) is 3.55. The molecule has 92 valence electrons. The molecule has 1 heterocycles. The first-order chi connectivity index (χ1) is 7.92. The Morgan fingerprint density at radius 2 is 2.18 bits per heavy atom. The molecular formula is C10H10O6S. The summed E-state index contributed by atoms with van der Waals surface area (Å²) in [5.41, 5.74) is 0.369. The first kappa shape index (κ1) is 11.7. The quantitative estimate of drug-likeness (QED) is 0.601. The number of carbonyl (C=O) groups is 1. The van der Waals surface area contributed by atoms with Crippen LogP contribution in [0.4, 0.5) is 4.79 Å². The summed E-state index contributed by atoms with van der Waals surface area (Å²) in [5, 5.41) is 8.52. The van der Waals surface area contributed by atoms with Crippen LogP contribution in [0.25, 0.3) is 0 Å². The van der Waals surface area contributed by atoms with Crippen molar-refractivity contribution in [2.75, 3.05) is 12.4 Å². The highest BCUT2D eigenvalue weighted by Crippen LogP contribution is 2.37. The zero-order chi connectivity index (χ0) is 12.6. The predicted molar refractivity (Wildman–Crippen MR) is 57.4 cm³/mol. The zero-order valence-electron chi connectivity index (χ0n) is 8.97. The molecule has 6 nitrogen and oxygen atoms in total. The second kappa shape index (κ2) is 3.92. The van der Waals surface area contributed by atoms with Crippen molar-refractivity contribution in [2.24, 2.45) is 0 Å². The van der Waals surface area contributed by atoms with Gasteiger partial charge < -0.3 is 14.6 Å². The van der Waals surface area contributed by atoms with Gasteiger partial charge in [0, 0.05) is 5.56 Å². The average molecular weight is 258 g/mol. The molecule has 0 radical (unpaired) electrons. The van der Waals surface area contributed by atoms with Crippen LogP contribution in [0.2, 0.25) is 0 Å². The molecule has 0 amide bonds. The van der Waals surface area contributed by atoms with Gasteiger partial charge in [-0.25, -0.2) is 13.2 Å². The third-order valence-electron chi connectivity index (χ3n) is 2.45. The van der Waals surface area contributed by atoms with Crippen molar-refractivity contribution in [3.63, 3.8) is 0 Å². The minimum absolute atomic E-state index is 0.0622. The second-order valence-corrected chi connectivity index (χ2v) is 5.63. The van der Waals surface area contributed by atoms with E-state index in [-0.39, 0.29) is 28.8 Å². The Kier molecular flexibility index (Phi) is 2.70. The molecule has 1 aliphatic heterocycles. The molecule has 2 rings (SSSR count). The maximum absolute atomic E-state index is 11.7. The van der Waals surface area contributed by atoms with Crippen LogP contribution in [0.3, 0.4) is 0 Å². The first-order valence-corrected chi connectivity index (χ1v) is 6.47. The molecule has 1 aromatic rings. The molecule has 0 saturated carbocycles. The minimum atomic E-state index is -3.34. The number of fused-ring (bicyclic) bond motifs is 1. The van der Waals surface area contributed by atoms with Gasteiger partial charge in [0.25, 0.3) is 0 Å². The lowest BCUT2D eigenvalue weighted by Crippen LogP contribution is -2.22. The number of carboxylic acid groups (broad SMARTS) is 1. The van der Waals surface area contributed by atoms with Crippen LogP contribution < -0.4 is 9.47 Å². The number of hydrogen-bond acceptors (Lipinski definition) is 5. The molecule has 7 heteroatoms. The number of hydrogen-bond donors (Lipinski definition) is 1. The minimum Gasteiger partial charge on any atom is -0.491 e. The van der Waals surface area contributed by atoms with Gasteiger partial charge in [-0.1, -0.05) is 0 Å². The van der Waals surface area contributed by atoms with E-state index in [9.17, 15) is 13.2 Å². The molecule has 1 N–H and O–H groups in total. The van der Waals surface area contributed by atoms with Crippen molar-refractivity contribution < 1.29 is 27.8 Å². The molecule has 1 aromatic carbocycles. The SMILES string of the molecule is Cc1c(OC(=O)O)ccc2c1OCCS2(=O)=O. The lowest BCUT2D eigenvalue weighted by molar-refractivity contribution is 0.144. The fraction of sp³-hybridized carbons (Fsp3) is 0.300. The van der Waals surface area contributed by atoms with Gasteiger partial charge in [-0.3, -0.25) is 0 Å². The Labute approximate surface area is 97.7 Å². The van der Waals surface area contributed by atoms with Gasteiger partial charge in [-0.2, -0.15) is 0 Å². The van der Waals surface area contributed by atoms with Crippen LogP contribution in [0.1, 0.15) is 5.56 Å². The zero-order valence-corrected chi connectivity index (χ0v) is 9.78. The number of ether oxygens (including phenoxy) is 2.